The number of hydrogen-bond donors (Lipinski definition) is 1. The number of nitrogens with zero attached hydrogens (tertiary/aromatic N) is 1. The maximum atomic E-state index is 12.3. The number of carbonyl (C=O) groups is 1. The summed E-state index contributed by atoms with van der Waals surface area (Å²) in [6, 6.07) is 14.2. The van der Waals surface area contributed by atoms with Crippen LogP contribution in [0.3, 0.4) is 0 Å². The number of ether oxygens (including phenoxy) is 4. The molecule has 32 heavy (non-hydrogen) atoms. The molecule has 0 radical (unpaired) electrons. The van der Waals surface area contributed by atoms with Crippen molar-refractivity contribution in [2.24, 2.45) is 0 Å². The first-order chi connectivity index (χ1) is 15.6. The maximum absolute atomic E-state index is 12.3. The monoisotopic (exact) mass is 456 g/mol. The quantitative estimate of drug-likeness (QED) is 0.330. The molecule has 0 unspecified atom stereocenters. The van der Waals surface area contributed by atoms with Gasteiger partial charge in [0.15, 0.2) is 11.5 Å². The van der Waals surface area contributed by atoms with Gasteiger partial charge in [0.05, 0.1) is 13.2 Å². The molecule has 8 heteroatoms. The van der Waals surface area contributed by atoms with Crippen molar-refractivity contribution in [2.45, 2.75) is 18.9 Å². The number of nitrogens with one attached hydrogen (secondary N) is 1. The van der Waals surface area contributed by atoms with Crippen LogP contribution in [0.2, 0.25) is 5.02 Å². The summed E-state index contributed by atoms with van der Waals surface area (Å²) in [7, 11) is 1.53. The fourth-order valence-electron chi connectivity index (χ4n) is 3.16. The van der Waals surface area contributed by atoms with E-state index in [0.717, 1.165) is 12.8 Å². The molecule has 1 heterocycles. The highest BCUT2D eigenvalue weighted by Crippen LogP contribution is 2.29. The molecule has 0 aliphatic carbocycles. The fraction of sp³-hybridized carbons (Fsp3) is 0.333. The van der Waals surface area contributed by atoms with Gasteiger partial charge in [-0.3, -0.25) is 4.79 Å². The van der Waals surface area contributed by atoms with Crippen LogP contribution in [0.25, 0.3) is 6.08 Å². The van der Waals surface area contributed by atoms with E-state index in [-0.39, 0.29) is 11.7 Å². The summed E-state index contributed by atoms with van der Waals surface area (Å²) in [5.41, 5.74) is 0.658. The number of amides is 1. The third kappa shape index (κ3) is 6.91. The molecule has 0 bridgehead atoms. The molecular weight excluding hydrogens is 432 g/mol. The molecule has 1 saturated heterocycles. The molecule has 3 rings (SSSR count). The summed E-state index contributed by atoms with van der Waals surface area (Å²) in [6.45, 7) is 1.76. The summed E-state index contributed by atoms with van der Waals surface area (Å²) in [5, 5.41) is 12.8. The minimum absolute atomic E-state index is 0.00934. The van der Waals surface area contributed by atoms with Gasteiger partial charge in [0.2, 0.25) is 0 Å². The van der Waals surface area contributed by atoms with Crippen LogP contribution in [0.5, 0.6) is 17.2 Å². The molecule has 0 spiro atoms. The van der Waals surface area contributed by atoms with Crippen molar-refractivity contribution >= 4 is 23.6 Å². The smallest absolute Gasteiger partial charge is 0.262 e. The summed E-state index contributed by atoms with van der Waals surface area (Å²) in [5.74, 6) is 1.29. The summed E-state index contributed by atoms with van der Waals surface area (Å²) in [6.07, 6.45) is 3.43. The zero-order valence-electron chi connectivity index (χ0n) is 17.8. The van der Waals surface area contributed by atoms with Crippen LogP contribution < -0.4 is 19.5 Å². The van der Waals surface area contributed by atoms with Crippen molar-refractivity contribution in [3.05, 3.63) is 58.6 Å². The first-order valence-corrected chi connectivity index (χ1v) is 10.7. The number of methoxy groups -OCH3 is 1. The molecule has 168 valence electrons. The molecule has 1 aliphatic rings. The van der Waals surface area contributed by atoms with E-state index in [1.807, 2.05) is 6.07 Å². The van der Waals surface area contributed by atoms with Crippen molar-refractivity contribution in [1.29, 1.82) is 5.26 Å². The predicted octanol–water partition coefficient (Wildman–Crippen LogP) is 4.01. The van der Waals surface area contributed by atoms with Gasteiger partial charge >= 0.3 is 0 Å². The highest BCUT2D eigenvalue weighted by Gasteiger charge is 2.17. The second-order valence-electron chi connectivity index (χ2n) is 7.08. The molecule has 2 aromatic carbocycles. The molecule has 2 aromatic rings. The van der Waals surface area contributed by atoms with Crippen LogP contribution in [0.15, 0.2) is 48.0 Å². The van der Waals surface area contributed by atoms with Crippen LogP contribution in [0.1, 0.15) is 18.4 Å². The second kappa shape index (κ2) is 12.0. The van der Waals surface area contributed by atoms with E-state index in [4.69, 9.17) is 30.5 Å². The Labute approximate surface area is 192 Å². The van der Waals surface area contributed by atoms with Crippen molar-refractivity contribution in [3.63, 3.8) is 0 Å². The van der Waals surface area contributed by atoms with Gasteiger partial charge in [0.25, 0.3) is 5.91 Å². The largest absolute Gasteiger partial charge is 0.493 e. The Hall–Kier alpha value is -3.21. The van der Waals surface area contributed by atoms with E-state index in [0.29, 0.717) is 54.2 Å². The van der Waals surface area contributed by atoms with Crippen molar-refractivity contribution in [1.82, 2.24) is 5.32 Å². The number of halogens is 1. The number of rotatable bonds is 10. The molecule has 7 nitrogen and oxygen atoms in total. The number of hydrogen-bond acceptors (Lipinski definition) is 6. The van der Waals surface area contributed by atoms with Crippen molar-refractivity contribution in [2.75, 3.05) is 33.5 Å². The summed E-state index contributed by atoms with van der Waals surface area (Å²) in [4.78, 5) is 12.3. The van der Waals surface area contributed by atoms with Gasteiger partial charge in [-0.05, 0) is 60.9 Å². The van der Waals surface area contributed by atoms with Crippen LogP contribution >= 0.6 is 11.6 Å². The summed E-state index contributed by atoms with van der Waals surface area (Å²) >= 11 is 5.86. The highest BCUT2D eigenvalue weighted by molar-refractivity contribution is 6.30. The van der Waals surface area contributed by atoms with E-state index in [9.17, 15) is 10.1 Å². The third-order valence-electron chi connectivity index (χ3n) is 4.80. The highest BCUT2D eigenvalue weighted by atomic mass is 35.5. The molecule has 1 fully saturated rings. The zero-order valence-corrected chi connectivity index (χ0v) is 18.6. The Bertz CT molecular complexity index is 979. The van der Waals surface area contributed by atoms with Gasteiger partial charge in [0, 0.05) is 18.2 Å². The van der Waals surface area contributed by atoms with E-state index in [1.165, 1.54) is 13.2 Å². The molecule has 1 aliphatic heterocycles. The lowest BCUT2D eigenvalue weighted by Crippen LogP contribution is -2.32. The van der Waals surface area contributed by atoms with Gasteiger partial charge in [-0.2, -0.15) is 5.26 Å². The lowest BCUT2D eigenvalue weighted by molar-refractivity contribution is -0.117. The normalized spacial score (nSPS) is 15.7. The Morgan fingerprint density at radius 3 is 2.69 bits per heavy atom. The van der Waals surface area contributed by atoms with E-state index in [1.54, 1.807) is 42.5 Å². The first kappa shape index (κ1) is 23.5. The average Bonchev–Trinajstić information content (AvgIpc) is 3.34. The topological polar surface area (TPSA) is 89.8 Å². The van der Waals surface area contributed by atoms with Gasteiger partial charge in [0.1, 0.15) is 30.6 Å². The lowest BCUT2D eigenvalue weighted by atomic mass is 10.1. The zero-order chi connectivity index (χ0) is 22.8. The Kier molecular flexibility index (Phi) is 8.79. The SMILES string of the molecule is COc1cc(/C=C(\C#N)C(=O)NC[C@@H]2CCCO2)ccc1OCCOc1ccc(Cl)cc1. The molecule has 1 atom stereocenters. The van der Waals surface area contributed by atoms with E-state index in [2.05, 4.69) is 5.32 Å². The molecule has 0 saturated carbocycles. The Morgan fingerprint density at radius 2 is 2.00 bits per heavy atom. The second-order valence-corrected chi connectivity index (χ2v) is 7.51. The number of carbonyl (C=O) groups excluding carboxylic acids is 1. The van der Waals surface area contributed by atoms with E-state index >= 15 is 0 Å². The third-order valence-corrected chi connectivity index (χ3v) is 5.05. The minimum atomic E-state index is -0.429. The average molecular weight is 457 g/mol. The lowest BCUT2D eigenvalue weighted by Gasteiger charge is -2.12. The molecule has 1 amide bonds. The Balaban J connectivity index is 1.56. The van der Waals surface area contributed by atoms with Crippen molar-refractivity contribution < 1.29 is 23.7 Å². The molecule has 0 aromatic heterocycles. The van der Waals surface area contributed by atoms with Gasteiger partial charge in [-0.25, -0.2) is 0 Å². The van der Waals surface area contributed by atoms with Crippen LogP contribution in [-0.4, -0.2) is 45.5 Å². The maximum Gasteiger partial charge on any atom is 0.262 e. The van der Waals surface area contributed by atoms with Crippen LogP contribution in [-0.2, 0) is 9.53 Å². The predicted molar refractivity (Wildman–Crippen MR) is 121 cm³/mol. The van der Waals surface area contributed by atoms with Gasteiger partial charge in [-0.15, -0.1) is 0 Å². The van der Waals surface area contributed by atoms with E-state index < -0.39 is 5.91 Å². The van der Waals surface area contributed by atoms with Crippen LogP contribution in [0.4, 0.5) is 0 Å². The molecular formula is C24H25ClN2O5. The molecule has 1 N–H and O–H groups in total. The Morgan fingerprint density at radius 1 is 1.22 bits per heavy atom. The fourth-order valence-corrected chi connectivity index (χ4v) is 3.28. The summed E-state index contributed by atoms with van der Waals surface area (Å²) < 4.78 is 22.2. The first-order valence-electron chi connectivity index (χ1n) is 10.3. The number of benzene rings is 2. The number of nitriles is 1. The van der Waals surface area contributed by atoms with Crippen LogP contribution in [0, 0.1) is 11.3 Å². The standard InChI is InChI=1S/C24H25ClN2O5/c1-29-23-14-17(13-18(15-26)24(28)27-16-21-3-2-10-30-21)4-9-22(23)32-12-11-31-20-7-5-19(25)6-8-20/h4-9,13-14,21H,2-3,10-12,16H2,1H3,(H,27,28)/b18-13+/t21-/m0/s1. The minimum Gasteiger partial charge on any atom is -0.493 e. The van der Waals surface area contributed by atoms with Gasteiger partial charge < -0.3 is 24.3 Å². The van der Waals surface area contributed by atoms with Crippen molar-refractivity contribution in [3.8, 4) is 23.3 Å². The van der Waals surface area contributed by atoms with Gasteiger partial charge in [-0.1, -0.05) is 17.7 Å².